The lowest BCUT2D eigenvalue weighted by atomic mass is 9.73. The first-order chi connectivity index (χ1) is 18.5. The fourth-order valence-corrected chi connectivity index (χ4v) is 5.93. The second-order valence-corrected chi connectivity index (χ2v) is 11.2. The van der Waals surface area contributed by atoms with Crippen LogP contribution < -0.4 is 16.4 Å². The number of fused-ring (bicyclic) bond motifs is 1. The zero-order valence-corrected chi connectivity index (χ0v) is 23.9. The fraction of sp³-hybridized carbons (Fsp3) is 0.625. The maximum Gasteiger partial charge on any atom is 0.119 e. The number of aromatic hydroxyl groups is 1. The van der Waals surface area contributed by atoms with E-state index >= 15 is 0 Å². The molecule has 0 spiro atoms. The van der Waals surface area contributed by atoms with Crippen LogP contribution in [0.15, 0.2) is 30.6 Å². The van der Waals surface area contributed by atoms with Crippen LogP contribution in [-0.4, -0.2) is 51.1 Å². The van der Waals surface area contributed by atoms with Gasteiger partial charge in [-0.2, -0.15) is 0 Å². The van der Waals surface area contributed by atoms with Gasteiger partial charge in [-0.05, 0) is 74.2 Å². The number of hydrogen-bond acceptors (Lipinski definition) is 2. The Bertz CT molecular complexity index is 1050. The van der Waals surface area contributed by atoms with E-state index in [2.05, 4.69) is 35.5 Å². The third-order valence-electron chi connectivity index (χ3n) is 8.27. The van der Waals surface area contributed by atoms with Gasteiger partial charge in [-0.1, -0.05) is 87.9 Å². The van der Waals surface area contributed by atoms with E-state index in [9.17, 15) is 5.11 Å². The predicted molar refractivity (Wildman–Crippen MR) is 168 cm³/mol. The van der Waals surface area contributed by atoms with Gasteiger partial charge in [0.2, 0.25) is 0 Å². The quantitative estimate of drug-likeness (QED) is 0.152. The molecule has 0 aliphatic carbocycles. The highest BCUT2D eigenvalue weighted by Gasteiger charge is 2.27. The Morgan fingerprint density at radius 2 is 1.58 bits per heavy atom. The number of allylic oxidation sites excluding steroid dienone is 3. The highest BCUT2D eigenvalue weighted by atomic mass is 16.3. The van der Waals surface area contributed by atoms with Gasteiger partial charge < -0.3 is 15.0 Å². The van der Waals surface area contributed by atoms with Gasteiger partial charge in [0.25, 0.3) is 0 Å². The molecule has 1 aliphatic heterocycles. The Labute approximate surface area is 236 Å². The summed E-state index contributed by atoms with van der Waals surface area (Å²) in [5.41, 5.74) is 3.84. The van der Waals surface area contributed by atoms with E-state index < -0.39 is 0 Å². The van der Waals surface area contributed by atoms with Crippen LogP contribution in [0.2, 0.25) is 0 Å². The van der Waals surface area contributed by atoms with Crippen molar-refractivity contribution in [2.45, 2.75) is 122 Å². The molecule has 1 fully saturated rings. The molecule has 0 bridgehead atoms. The van der Waals surface area contributed by atoms with Crippen LogP contribution in [0.5, 0.6) is 5.75 Å². The summed E-state index contributed by atoms with van der Waals surface area (Å²) in [6.45, 7) is 7.79. The van der Waals surface area contributed by atoms with Gasteiger partial charge in [0.05, 0.1) is 0 Å². The number of aromatic amines is 1. The normalized spacial score (nSPS) is 15.8. The lowest BCUT2D eigenvalue weighted by Crippen LogP contribution is -2.32. The van der Waals surface area contributed by atoms with Crippen molar-refractivity contribution in [3.63, 3.8) is 0 Å². The molecule has 2 N–H and O–H groups in total. The number of rotatable bonds is 18. The van der Waals surface area contributed by atoms with Crippen LogP contribution in [0.25, 0.3) is 10.9 Å². The van der Waals surface area contributed by atoms with Crippen molar-refractivity contribution in [3.05, 3.63) is 36.2 Å². The Balaban J connectivity index is 1.32. The molecule has 3 nitrogen and oxygen atoms in total. The molecule has 1 aromatic carbocycles. The number of H-pyrrole nitrogens is 1. The summed E-state index contributed by atoms with van der Waals surface area (Å²) in [5, 5.41) is 11.1. The number of benzene rings is 1. The predicted octanol–water partition coefficient (Wildman–Crippen LogP) is 5.81. The van der Waals surface area contributed by atoms with E-state index in [0.717, 1.165) is 36.8 Å². The molecule has 6 heteroatoms. The molecule has 3 rings (SSSR count). The molecule has 1 atom stereocenters. The average Bonchev–Trinajstić information content (AvgIpc) is 3.56. The molecule has 1 saturated heterocycles. The number of nitrogens with zero attached hydrogens (tertiary/aromatic N) is 1. The van der Waals surface area contributed by atoms with Crippen molar-refractivity contribution in [1.29, 1.82) is 0 Å². The number of likely N-dealkylation sites (tertiary alicyclic amines) is 1. The number of aromatic nitrogens is 1. The molecule has 38 heavy (non-hydrogen) atoms. The van der Waals surface area contributed by atoms with Crippen LogP contribution in [0, 0.1) is 0 Å². The summed E-state index contributed by atoms with van der Waals surface area (Å²) in [4.78, 5) is 5.72. The van der Waals surface area contributed by atoms with Crippen molar-refractivity contribution < 1.29 is 5.11 Å². The summed E-state index contributed by atoms with van der Waals surface area (Å²) < 4.78 is 0. The van der Waals surface area contributed by atoms with Gasteiger partial charge in [0.15, 0.2) is 0 Å². The van der Waals surface area contributed by atoms with Gasteiger partial charge in [-0.15, -0.1) is 0 Å². The average molecular weight is 508 g/mol. The second kappa shape index (κ2) is 16.2. The summed E-state index contributed by atoms with van der Waals surface area (Å²) in [5.74, 6) is -0.118. The van der Waals surface area contributed by atoms with Crippen LogP contribution >= 0.6 is 0 Å². The van der Waals surface area contributed by atoms with Crippen molar-refractivity contribution in [1.82, 2.24) is 9.88 Å². The van der Waals surface area contributed by atoms with Crippen LogP contribution in [0.1, 0.15) is 115 Å². The summed E-state index contributed by atoms with van der Waals surface area (Å²) in [6.07, 6.45) is 28.2. The van der Waals surface area contributed by atoms with Gasteiger partial charge in [0, 0.05) is 30.0 Å². The maximum atomic E-state index is 10.3. The number of phenolic OH excluding ortho intramolecular Hbond substituents is 1. The van der Waals surface area contributed by atoms with E-state index in [4.69, 9.17) is 23.5 Å². The SMILES string of the molecule is [B]c1c(O)c([B])c2c(CC3CCCN3C(=C)CCCCCCC/C=C\CCCCCCCC)c[nH]c2c1[B]. The number of phenols is 1. The van der Waals surface area contributed by atoms with E-state index in [1.807, 2.05) is 6.20 Å². The first-order valence-electron chi connectivity index (χ1n) is 15.2. The smallest absolute Gasteiger partial charge is 0.119 e. The second-order valence-electron chi connectivity index (χ2n) is 11.2. The summed E-state index contributed by atoms with van der Waals surface area (Å²) in [6, 6.07) is 0.393. The Morgan fingerprint density at radius 3 is 2.26 bits per heavy atom. The van der Waals surface area contributed by atoms with Gasteiger partial charge in [-0.3, -0.25) is 0 Å². The molecule has 200 valence electrons. The first-order valence-corrected chi connectivity index (χ1v) is 15.2. The van der Waals surface area contributed by atoms with Crippen molar-refractivity contribution >= 4 is 50.8 Å². The molecule has 1 aliphatic rings. The minimum atomic E-state index is -0.118. The first kappa shape index (κ1) is 30.6. The van der Waals surface area contributed by atoms with Crippen molar-refractivity contribution in [2.75, 3.05) is 6.54 Å². The maximum absolute atomic E-state index is 10.3. The molecule has 2 aromatic rings. The third-order valence-corrected chi connectivity index (χ3v) is 8.27. The Hall–Kier alpha value is -1.97. The van der Waals surface area contributed by atoms with E-state index in [-0.39, 0.29) is 11.2 Å². The molecule has 0 amide bonds. The van der Waals surface area contributed by atoms with Crippen LogP contribution in [0.3, 0.4) is 0 Å². The highest BCUT2D eigenvalue weighted by Crippen LogP contribution is 2.29. The summed E-state index contributed by atoms with van der Waals surface area (Å²) >= 11 is 0. The minimum absolute atomic E-state index is 0.118. The zero-order chi connectivity index (χ0) is 27.3. The lowest BCUT2D eigenvalue weighted by Gasteiger charge is -2.29. The van der Waals surface area contributed by atoms with E-state index in [1.165, 1.54) is 95.6 Å². The van der Waals surface area contributed by atoms with Crippen LogP contribution in [-0.2, 0) is 6.42 Å². The largest absolute Gasteiger partial charge is 0.509 e. The molecule has 2 heterocycles. The Kier molecular flexibility index (Phi) is 13.0. The molecule has 6 radical (unpaired) electrons. The number of nitrogens with one attached hydrogen (secondary N) is 1. The molecular formula is C32H47B3N2O. The van der Waals surface area contributed by atoms with E-state index in [0.29, 0.717) is 22.5 Å². The highest BCUT2D eigenvalue weighted by molar-refractivity contribution is 6.57. The van der Waals surface area contributed by atoms with Gasteiger partial charge >= 0.3 is 0 Å². The molecule has 1 aromatic heterocycles. The van der Waals surface area contributed by atoms with Crippen molar-refractivity contribution in [3.8, 4) is 5.75 Å². The fourth-order valence-electron chi connectivity index (χ4n) is 5.93. The molecule has 0 saturated carbocycles. The van der Waals surface area contributed by atoms with Gasteiger partial charge in [0.1, 0.15) is 29.3 Å². The van der Waals surface area contributed by atoms with Gasteiger partial charge in [-0.25, -0.2) is 0 Å². The lowest BCUT2D eigenvalue weighted by molar-refractivity contribution is 0.307. The topological polar surface area (TPSA) is 39.3 Å². The standard InChI is InChI=1S/C32H47B3N2O/c1-3-4-5-6-7-8-9-10-11-12-13-14-15-16-17-19-24(2)37-21-18-20-26(37)22-25-23-36-31-27(25)28(33)32(38)30(35)29(31)34/h10-11,23,26,36,38H,2-9,12-22H2,1H3/b11-10-. The number of hydrogen-bond donors (Lipinski definition) is 2. The molecular weight excluding hydrogens is 461 g/mol. The van der Waals surface area contributed by atoms with Crippen LogP contribution in [0.4, 0.5) is 0 Å². The minimum Gasteiger partial charge on any atom is -0.509 e. The summed E-state index contributed by atoms with van der Waals surface area (Å²) in [7, 11) is 18.3. The molecule has 1 unspecified atom stereocenters. The monoisotopic (exact) mass is 508 g/mol. The zero-order valence-electron chi connectivity index (χ0n) is 23.9. The van der Waals surface area contributed by atoms with E-state index in [1.54, 1.807) is 0 Å². The van der Waals surface area contributed by atoms with Crippen molar-refractivity contribution in [2.24, 2.45) is 0 Å². The third kappa shape index (κ3) is 8.52. The Morgan fingerprint density at radius 1 is 0.947 bits per heavy atom. The number of unbranched alkanes of at least 4 members (excludes halogenated alkanes) is 11.